The van der Waals surface area contributed by atoms with Crippen molar-refractivity contribution >= 4 is 36.1 Å². The van der Waals surface area contributed by atoms with E-state index in [1.54, 1.807) is 0 Å². The number of hydrogen-bond donors (Lipinski definition) is 8. The topological polar surface area (TPSA) is 264 Å². The SMILES string of the molecule is O=c1[nH]c(=O)n([C@@H]2O[C@H](COP(=O)(O)OP(=O)(O)OP(=O)(O)O)[C@@H](O)[C@H]2O)cc1CCS. The number of H-pyrrole nitrogens is 1. The molecule has 1 aliphatic rings. The fraction of sp³-hybridized carbons (Fsp3) is 0.636. The van der Waals surface area contributed by atoms with Gasteiger partial charge in [-0.2, -0.15) is 21.3 Å². The normalized spacial score (nSPS) is 27.7. The summed E-state index contributed by atoms with van der Waals surface area (Å²) in [5.41, 5.74) is -1.58. The highest BCUT2D eigenvalue weighted by molar-refractivity contribution is 7.80. The number of phosphoric acid groups is 3. The zero-order valence-corrected chi connectivity index (χ0v) is 19.2. The summed E-state index contributed by atoms with van der Waals surface area (Å²) >= 11 is 3.97. The molecule has 0 bridgehead atoms. The maximum Gasteiger partial charge on any atom is 0.490 e. The van der Waals surface area contributed by atoms with Gasteiger partial charge in [-0.05, 0) is 12.2 Å². The van der Waals surface area contributed by atoms with Gasteiger partial charge in [0.05, 0.1) is 6.61 Å². The fourth-order valence-electron chi connectivity index (χ4n) is 2.58. The molecule has 0 radical (unpaired) electrons. The van der Waals surface area contributed by atoms with Crippen LogP contribution in [0.2, 0.25) is 0 Å². The number of ether oxygens (including phenoxy) is 1. The van der Waals surface area contributed by atoms with E-state index in [-0.39, 0.29) is 17.7 Å². The molecule has 0 aliphatic carbocycles. The van der Waals surface area contributed by atoms with Crippen LogP contribution >= 0.6 is 36.1 Å². The standard InChI is InChI=1S/C11H19N2O15P3S/c14-7-6(4-25-30(21,22)28-31(23,24)27-29(18,19)20)26-10(8(7)15)13-3-5(1-2-32)9(16)12-11(13)17/h3,6-8,10,14-15,32H,1-2,4H2,(H,21,22)(H,23,24)(H,12,16,17)(H2,18,19,20)/t6-,7-,8-,10-/m1/s1. The van der Waals surface area contributed by atoms with Gasteiger partial charge >= 0.3 is 29.2 Å². The monoisotopic (exact) mass is 544 g/mol. The second-order valence-corrected chi connectivity index (χ2v) is 11.1. The second kappa shape index (κ2) is 10.3. The van der Waals surface area contributed by atoms with Crippen LogP contribution in [0.15, 0.2) is 15.8 Å². The Morgan fingerprint density at radius 2 is 1.69 bits per heavy atom. The molecule has 7 N–H and O–H groups in total. The Balaban J connectivity index is 2.13. The predicted octanol–water partition coefficient (Wildman–Crippen LogP) is -2.03. The summed E-state index contributed by atoms with van der Waals surface area (Å²) in [5, 5.41) is 20.3. The molecule has 0 saturated carbocycles. The molecule has 1 saturated heterocycles. The van der Waals surface area contributed by atoms with Crippen LogP contribution in [-0.4, -0.2) is 70.0 Å². The molecule has 21 heteroatoms. The van der Waals surface area contributed by atoms with Gasteiger partial charge in [0.25, 0.3) is 5.56 Å². The summed E-state index contributed by atoms with van der Waals surface area (Å²) < 4.78 is 51.1. The lowest BCUT2D eigenvalue weighted by Gasteiger charge is -2.19. The van der Waals surface area contributed by atoms with Crippen molar-refractivity contribution in [2.45, 2.75) is 31.0 Å². The fourth-order valence-corrected chi connectivity index (χ4v) is 5.85. The van der Waals surface area contributed by atoms with Crippen molar-refractivity contribution in [3.63, 3.8) is 0 Å². The summed E-state index contributed by atoms with van der Waals surface area (Å²) in [7, 11) is -16.8. The van der Waals surface area contributed by atoms with E-state index in [1.165, 1.54) is 0 Å². The van der Waals surface area contributed by atoms with Gasteiger partial charge < -0.3 is 34.5 Å². The van der Waals surface area contributed by atoms with E-state index in [1.807, 2.05) is 4.98 Å². The number of aromatic amines is 1. The quantitative estimate of drug-likeness (QED) is 0.117. The average Bonchev–Trinajstić information content (AvgIpc) is 2.87. The highest BCUT2D eigenvalue weighted by Crippen LogP contribution is 2.66. The van der Waals surface area contributed by atoms with Crippen LogP contribution in [0.25, 0.3) is 0 Å². The predicted molar refractivity (Wildman–Crippen MR) is 105 cm³/mol. The maximum absolute atomic E-state index is 12.1. The molecule has 1 aliphatic heterocycles. The number of rotatable bonds is 10. The molecular weight excluding hydrogens is 525 g/mol. The lowest BCUT2D eigenvalue weighted by Crippen LogP contribution is -2.39. The number of aromatic nitrogens is 2. The Morgan fingerprint density at radius 1 is 1.06 bits per heavy atom. The van der Waals surface area contributed by atoms with Crippen LogP contribution in [0.4, 0.5) is 0 Å². The van der Waals surface area contributed by atoms with Gasteiger partial charge in [0.2, 0.25) is 0 Å². The van der Waals surface area contributed by atoms with Crippen LogP contribution in [0.3, 0.4) is 0 Å². The Hall–Kier alpha value is -0.680. The summed E-state index contributed by atoms with van der Waals surface area (Å²) in [4.78, 5) is 61.3. The molecule has 2 heterocycles. The van der Waals surface area contributed by atoms with E-state index in [0.29, 0.717) is 0 Å². The third-order valence-corrected chi connectivity index (χ3v) is 7.88. The van der Waals surface area contributed by atoms with Crippen molar-refractivity contribution in [1.29, 1.82) is 0 Å². The zero-order chi connectivity index (χ0) is 24.5. The lowest BCUT2D eigenvalue weighted by atomic mass is 10.1. The summed E-state index contributed by atoms with van der Waals surface area (Å²) in [6, 6.07) is 0. The van der Waals surface area contributed by atoms with Gasteiger partial charge in [-0.15, -0.1) is 0 Å². The third kappa shape index (κ3) is 7.41. The molecule has 0 aromatic carbocycles. The van der Waals surface area contributed by atoms with E-state index < -0.39 is 65.9 Å². The number of hydrogen-bond acceptors (Lipinski definition) is 12. The molecule has 6 atom stereocenters. The minimum Gasteiger partial charge on any atom is -0.387 e. The van der Waals surface area contributed by atoms with E-state index in [9.17, 15) is 38.4 Å². The first-order valence-electron chi connectivity index (χ1n) is 8.30. The molecule has 2 unspecified atom stereocenters. The smallest absolute Gasteiger partial charge is 0.387 e. The summed E-state index contributed by atoms with van der Waals surface area (Å²) in [5.74, 6) is 0.251. The van der Waals surface area contributed by atoms with Crippen molar-refractivity contribution in [1.82, 2.24) is 9.55 Å². The van der Waals surface area contributed by atoms with Gasteiger partial charge in [0, 0.05) is 11.8 Å². The third-order valence-electron chi connectivity index (χ3n) is 3.85. The van der Waals surface area contributed by atoms with Crippen molar-refractivity contribution in [2.24, 2.45) is 0 Å². The van der Waals surface area contributed by atoms with Gasteiger partial charge in [-0.3, -0.25) is 18.9 Å². The van der Waals surface area contributed by atoms with Crippen LogP contribution in [0.5, 0.6) is 0 Å². The molecule has 17 nitrogen and oxygen atoms in total. The minimum absolute atomic E-state index is 0.113. The van der Waals surface area contributed by atoms with Crippen LogP contribution in [-0.2, 0) is 38.0 Å². The average molecular weight is 544 g/mol. The number of thiol groups is 1. The van der Waals surface area contributed by atoms with Crippen molar-refractivity contribution in [3.05, 3.63) is 32.6 Å². The van der Waals surface area contributed by atoms with Crippen molar-refractivity contribution in [3.8, 4) is 0 Å². The number of aliphatic hydroxyl groups is 2. The molecule has 1 aromatic rings. The largest absolute Gasteiger partial charge is 0.490 e. The number of aliphatic hydroxyl groups excluding tert-OH is 2. The van der Waals surface area contributed by atoms with Crippen molar-refractivity contribution in [2.75, 3.05) is 12.4 Å². The van der Waals surface area contributed by atoms with E-state index in [0.717, 1.165) is 10.8 Å². The number of phosphoric ester groups is 1. The Bertz CT molecular complexity index is 1080. The zero-order valence-electron chi connectivity index (χ0n) is 15.6. The van der Waals surface area contributed by atoms with Gasteiger partial charge in [-0.1, -0.05) is 0 Å². The Morgan fingerprint density at radius 3 is 2.25 bits per heavy atom. The first-order valence-corrected chi connectivity index (χ1v) is 13.5. The highest BCUT2D eigenvalue weighted by atomic mass is 32.1. The second-order valence-electron chi connectivity index (χ2n) is 6.23. The van der Waals surface area contributed by atoms with Gasteiger partial charge in [0.1, 0.15) is 18.3 Å². The highest BCUT2D eigenvalue weighted by Gasteiger charge is 2.46. The van der Waals surface area contributed by atoms with Crippen LogP contribution < -0.4 is 11.2 Å². The number of nitrogens with one attached hydrogen (secondary N) is 1. The van der Waals surface area contributed by atoms with E-state index in [4.69, 9.17) is 19.4 Å². The molecule has 0 spiro atoms. The minimum atomic E-state index is -5.75. The molecular formula is C11H19N2O15P3S. The van der Waals surface area contributed by atoms with Gasteiger partial charge in [0.15, 0.2) is 6.23 Å². The van der Waals surface area contributed by atoms with Crippen molar-refractivity contribution < 1.29 is 61.4 Å². The first kappa shape index (κ1) is 27.6. The Kier molecular flexibility index (Phi) is 8.87. The first-order chi connectivity index (χ1) is 14.6. The van der Waals surface area contributed by atoms with Crippen LogP contribution in [0.1, 0.15) is 11.8 Å². The molecule has 1 aromatic heterocycles. The molecule has 0 amide bonds. The molecule has 2 rings (SSSR count). The maximum atomic E-state index is 12.1. The number of nitrogens with zero attached hydrogens (tertiary/aromatic N) is 1. The molecule has 184 valence electrons. The summed E-state index contributed by atoms with van der Waals surface area (Å²) in [6.07, 6.45) is -5.52. The van der Waals surface area contributed by atoms with E-state index in [2.05, 4.69) is 25.8 Å². The lowest BCUT2D eigenvalue weighted by molar-refractivity contribution is -0.0543. The molecule has 1 fully saturated rings. The van der Waals surface area contributed by atoms with Gasteiger partial charge in [-0.25, -0.2) is 18.5 Å². The summed E-state index contributed by atoms with van der Waals surface area (Å²) in [6.45, 7) is -1.06. The van der Waals surface area contributed by atoms with E-state index >= 15 is 0 Å². The number of aryl methyl sites for hydroxylation is 1. The molecule has 32 heavy (non-hydrogen) atoms. The van der Waals surface area contributed by atoms with Crippen LogP contribution in [0, 0.1) is 0 Å². The Labute approximate surface area is 183 Å².